The zero-order chi connectivity index (χ0) is 13.5. The number of methoxy groups -OCH3 is 2. The summed E-state index contributed by atoms with van der Waals surface area (Å²) in [7, 11) is 2.80. The Morgan fingerprint density at radius 3 is 2.61 bits per heavy atom. The average Bonchev–Trinajstić information content (AvgIpc) is 2.36. The van der Waals surface area contributed by atoms with Gasteiger partial charge in [0.1, 0.15) is 12.4 Å². The Hall–Kier alpha value is -1.79. The van der Waals surface area contributed by atoms with Gasteiger partial charge < -0.3 is 9.47 Å². The van der Waals surface area contributed by atoms with E-state index in [9.17, 15) is 9.59 Å². The minimum absolute atomic E-state index is 0.141. The van der Waals surface area contributed by atoms with Gasteiger partial charge in [-0.2, -0.15) is 0 Å². The largest absolute Gasteiger partial charge is 0.496 e. The van der Waals surface area contributed by atoms with Gasteiger partial charge in [0.2, 0.25) is 0 Å². The zero-order valence-electron chi connectivity index (χ0n) is 9.95. The van der Waals surface area contributed by atoms with Crippen LogP contribution in [0.3, 0.4) is 0 Å². The zero-order valence-corrected chi connectivity index (χ0v) is 10.7. The third-order valence-corrected chi connectivity index (χ3v) is 2.23. The van der Waals surface area contributed by atoms with E-state index in [4.69, 9.17) is 16.3 Å². The first kappa shape index (κ1) is 14.3. The normalized spacial score (nSPS) is 9.72. The number of amides is 2. The summed E-state index contributed by atoms with van der Waals surface area (Å²) in [5, 5.41) is 0.451. The first-order valence-electron chi connectivity index (χ1n) is 5.00. The molecular weight excluding hydrogens is 260 g/mol. The monoisotopic (exact) mass is 272 g/mol. The van der Waals surface area contributed by atoms with Crippen LogP contribution in [-0.4, -0.2) is 32.6 Å². The van der Waals surface area contributed by atoms with E-state index < -0.39 is 11.8 Å². The van der Waals surface area contributed by atoms with Crippen LogP contribution < -0.4 is 15.6 Å². The summed E-state index contributed by atoms with van der Waals surface area (Å²) in [6.45, 7) is -0.141. The summed E-state index contributed by atoms with van der Waals surface area (Å²) in [5.74, 6) is -0.646. The Bertz CT molecular complexity index is 451. The number of hydrogen-bond donors (Lipinski definition) is 2. The Morgan fingerprint density at radius 1 is 1.28 bits per heavy atom. The second-order valence-corrected chi connectivity index (χ2v) is 3.72. The van der Waals surface area contributed by atoms with Crippen molar-refractivity contribution in [3.63, 3.8) is 0 Å². The number of benzene rings is 1. The average molecular weight is 273 g/mol. The molecule has 6 nitrogen and oxygen atoms in total. The molecule has 0 aliphatic rings. The van der Waals surface area contributed by atoms with Gasteiger partial charge >= 0.3 is 0 Å². The molecular formula is C11H13ClN2O4. The van der Waals surface area contributed by atoms with Crippen LogP contribution in [0.5, 0.6) is 5.75 Å². The molecule has 1 aromatic rings. The molecule has 1 aromatic carbocycles. The Kier molecular flexibility index (Phi) is 5.41. The maximum Gasteiger partial charge on any atom is 0.273 e. The van der Waals surface area contributed by atoms with Gasteiger partial charge in [0.25, 0.3) is 11.8 Å². The van der Waals surface area contributed by atoms with Crippen molar-refractivity contribution in [3.8, 4) is 5.75 Å². The molecule has 2 amide bonds. The first-order valence-corrected chi connectivity index (χ1v) is 5.38. The fraction of sp³-hybridized carbons (Fsp3) is 0.273. The van der Waals surface area contributed by atoms with Crippen molar-refractivity contribution >= 4 is 23.4 Å². The highest BCUT2D eigenvalue weighted by Crippen LogP contribution is 2.22. The van der Waals surface area contributed by atoms with Crippen molar-refractivity contribution in [2.75, 3.05) is 20.8 Å². The molecule has 0 atom stereocenters. The van der Waals surface area contributed by atoms with E-state index in [1.54, 1.807) is 6.07 Å². The van der Waals surface area contributed by atoms with Gasteiger partial charge in [-0.15, -0.1) is 0 Å². The smallest absolute Gasteiger partial charge is 0.273 e. The summed E-state index contributed by atoms with van der Waals surface area (Å²) < 4.78 is 9.62. The number of rotatable bonds is 4. The number of hydrazine groups is 1. The van der Waals surface area contributed by atoms with Crippen LogP contribution in [0.2, 0.25) is 5.02 Å². The molecule has 18 heavy (non-hydrogen) atoms. The van der Waals surface area contributed by atoms with Crippen LogP contribution in [0.15, 0.2) is 18.2 Å². The molecule has 0 bridgehead atoms. The van der Waals surface area contributed by atoms with E-state index in [-0.39, 0.29) is 12.2 Å². The van der Waals surface area contributed by atoms with Crippen LogP contribution in [0.1, 0.15) is 10.4 Å². The van der Waals surface area contributed by atoms with Crippen molar-refractivity contribution in [2.45, 2.75) is 0 Å². The van der Waals surface area contributed by atoms with Gasteiger partial charge in [-0.25, -0.2) is 0 Å². The molecule has 0 heterocycles. The van der Waals surface area contributed by atoms with Gasteiger partial charge in [0.15, 0.2) is 0 Å². The molecule has 0 aromatic heterocycles. The third-order valence-electron chi connectivity index (χ3n) is 2.00. The molecule has 2 N–H and O–H groups in total. The number of carbonyl (C=O) groups is 2. The lowest BCUT2D eigenvalue weighted by Gasteiger charge is -2.10. The van der Waals surface area contributed by atoms with Crippen LogP contribution >= 0.6 is 11.6 Å². The van der Waals surface area contributed by atoms with E-state index in [1.165, 1.54) is 26.4 Å². The molecule has 98 valence electrons. The summed E-state index contributed by atoms with van der Waals surface area (Å²) in [6.07, 6.45) is 0. The minimum atomic E-state index is -0.507. The fourth-order valence-electron chi connectivity index (χ4n) is 1.21. The Labute approximate surface area is 109 Å². The lowest BCUT2D eigenvalue weighted by Crippen LogP contribution is -2.43. The molecule has 7 heteroatoms. The lowest BCUT2D eigenvalue weighted by molar-refractivity contribution is -0.125. The van der Waals surface area contributed by atoms with E-state index in [0.717, 1.165) is 0 Å². The molecule has 1 rings (SSSR count). The van der Waals surface area contributed by atoms with Crippen LogP contribution in [0.25, 0.3) is 0 Å². The maximum atomic E-state index is 11.8. The predicted octanol–water partition coefficient (Wildman–Crippen LogP) is 0.756. The SMILES string of the molecule is COCC(=O)NNC(=O)c1ccc(Cl)cc1OC. The van der Waals surface area contributed by atoms with Crippen molar-refractivity contribution in [2.24, 2.45) is 0 Å². The van der Waals surface area contributed by atoms with Crippen LogP contribution in [0.4, 0.5) is 0 Å². The topological polar surface area (TPSA) is 76.7 Å². The molecule has 0 saturated carbocycles. The number of ether oxygens (including phenoxy) is 2. The minimum Gasteiger partial charge on any atom is -0.496 e. The summed E-state index contributed by atoms with van der Waals surface area (Å²) in [5.41, 5.74) is 4.70. The van der Waals surface area contributed by atoms with Crippen molar-refractivity contribution in [1.29, 1.82) is 0 Å². The van der Waals surface area contributed by atoms with E-state index >= 15 is 0 Å². The van der Waals surface area contributed by atoms with E-state index in [2.05, 4.69) is 15.6 Å². The van der Waals surface area contributed by atoms with Crippen molar-refractivity contribution in [3.05, 3.63) is 28.8 Å². The van der Waals surface area contributed by atoms with E-state index in [0.29, 0.717) is 10.8 Å². The molecule has 0 spiro atoms. The predicted molar refractivity (Wildman–Crippen MR) is 65.5 cm³/mol. The quantitative estimate of drug-likeness (QED) is 0.793. The van der Waals surface area contributed by atoms with Gasteiger partial charge in [0.05, 0.1) is 12.7 Å². The van der Waals surface area contributed by atoms with Crippen LogP contribution in [-0.2, 0) is 9.53 Å². The number of nitrogens with one attached hydrogen (secondary N) is 2. The van der Waals surface area contributed by atoms with Gasteiger partial charge in [-0.05, 0) is 18.2 Å². The van der Waals surface area contributed by atoms with Gasteiger partial charge in [0, 0.05) is 12.1 Å². The Balaban J connectivity index is 2.69. The highest BCUT2D eigenvalue weighted by Gasteiger charge is 2.13. The second-order valence-electron chi connectivity index (χ2n) is 3.28. The third kappa shape index (κ3) is 3.90. The lowest BCUT2D eigenvalue weighted by atomic mass is 10.2. The summed E-state index contributed by atoms with van der Waals surface area (Å²) in [6, 6.07) is 4.56. The molecule has 0 unspecified atom stereocenters. The second kappa shape index (κ2) is 6.83. The summed E-state index contributed by atoms with van der Waals surface area (Å²) in [4.78, 5) is 22.8. The van der Waals surface area contributed by atoms with Gasteiger partial charge in [-0.1, -0.05) is 11.6 Å². The van der Waals surface area contributed by atoms with Crippen molar-refractivity contribution in [1.82, 2.24) is 10.9 Å². The first-order chi connectivity index (χ1) is 8.58. The molecule has 0 saturated heterocycles. The maximum absolute atomic E-state index is 11.8. The van der Waals surface area contributed by atoms with Gasteiger partial charge in [-0.3, -0.25) is 20.4 Å². The highest BCUT2D eigenvalue weighted by atomic mass is 35.5. The molecule has 0 aliphatic carbocycles. The summed E-state index contributed by atoms with van der Waals surface area (Å²) >= 11 is 5.77. The fourth-order valence-corrected chi connectivity index (χ4v) is 1.38. The Morgan fingerprint density at radius 2 is 2.00 bits per heavy atom. The van der Waals surface area contributed by atoms with Crippen molar-refractivity contribution < 1.29 is 19.1 Å². The highest BCUT2D eigenvalue weighted by molar-refractivity contribution is 6.30. The molecule has 0 radical (unpaired) electrons. The van der Waals surface area contributed by atoms with E-state index in [1.807, 2.05) is 0 Å². The van der Waals surface area contributed by atoms with Crippen LogP contribution in [0, 0.1) is 0 Å². The standard InChI is InChI=1S/C11H13ClN2O4/c1-17-6-10(15)13-14-11(16)8-4-3-7(12)5-9(8)18-2/h3-5H,6H2,1-2H3,(H,13,15)(H,14,16). The molecule has 0 fully saturated rings. The molecule has 0 aliphatic heterocycles. The number of carbonyl (C=O) groups excluding carboxylic acids is 2. The number of halogens is 1. The number of hydrogen-bond acceptors (Lipinski definition) is 4.